The predicted octanol–water partition coefficient (Wildman–Crippen LogP) is 3.05. The molecule has 2 aromatic carbocycles. The lowest BCUT2D eigenvalue weighted by atomic mass is 10.1. The van der Waals surface area contributed by atoms with E-state index in [9.17, 15) is 24.3 Å². The minimum Gasteiger partial charge on any atom is -0.480 e. The lowest BCUT2D eigenvalue weighted by Gasteiger charge is -2.29. The zero-order valence-corrected chi connectivity index (χ0v) is 19.6. The van der Waals surface area contributed by atoms with E-state index in [0.717, 1.165) is 5.56 Å². The van der Waals surface area contributed by atoms with Gasteiger partial charge in [0.1, 0.15) is 25.3 Å². The molecule has 2 aromatic rings. The van der Waals surface area contributed by atoms with Crippen molar-refractivity contribution in [2.75, 3.05) is 6.54 Å². The molecule has 0 unspecified atom stereocenters. The standard InChI is InChI=1S/C25H31N3O7/c1-18(27-24(32)34-16-19-10-4-2-5-11-19)22(29)28(21(23(30)31)14-8-9-15-26)25(33)35-17-20-12-6-3-7-13-20/h2-7,10-13,18,21H,8-9,14-17,26H2,1H3,(H,27,32)(H,30,31)/t18-,21-/m0/s1. The number of rotatable bonds is 12. The summed E-state index contributed by atoms with van der Waals surface area (Å²) in [5.41, 5.74) is 6.91. The normalized spacial score (nSPS) is 12.2. The summed E-state index contributed by atoms with van der Waals surface area (Å²) in [6, 6.07) is 15.0. The van der Waals surface area contributed by atoms with E-state index in [1.807, 2.05) is 6.07 Å². The number of nitrogens with zero attached hydrogens (tertiary/aromatic N) is 1. The van der Waals surface area contributed by atoms with Gasteiger partial charge in [-0.2, -0.15) is 0 Å². The van der Waals surface area contributed by atoms with Crippen molar-refractivity contribution in [3.05, 3.63) is 71.8 Å². The van der Waals surface area contributed by atoms with Gasteiger partial charge in [0.25, 0.3) is 5.91 Å². The predicted molar refractivity (Wildman–Crippen MR) is 127 cm³/mol. The Hall–Kier alpha value is -3.92. The third-order valence-corrected chi connectivity index (χ3v) is 5.09. The maximum absolute atomic E-state index is 13.2. The zero-order valence-electron chi connectivity index (χ0n) is 19.6. The highest BCUT2D eigenvalue weighted by Gasteiger charge is 2.38. The van der Waals surface area contributed by atoms with Gasteiger partial charge in [-0.1, -0.05) is 60.7 Å². The molecule has 0 fully saturated rings. The average molecular weight is 486 g/mol. The summed E-state index contributed by atoms with van der Waals surface area (Å²) in [6.07, 6.45) is -1.12. The monoisotopic (exact) mass is 485 g/mol. The smallest absolute Gasteiger partial charge is 0.417 e. The Balaban J connectivity index is 2.10. The van der Waals surface area contributed by atoms with Crippen LogP contribution in [0.2, 0.25) is 0 Å². The fourth-order valence-corrected chi connectivity index (χ4v) is 3.22. The van der Waals surface area contributed by atoms with E-state index >= 15 is 0 Å². The largest absolute Gasteiger partial charge is 0.480 e. The van der Waals surface area contributed by atoms with Crippen molar-refractivity contribution in [1.29, 1.82) is 0 Å². The van der Waals surface area contributed by atoms with Crippen LogP contribution in [0.4, 0.5) is 9.59 Å². The SMILES string of the molecule is C[C@H](NC(=O)OCc1ccccc1)C(=O)N(C(=O)OCc1ccccc1)[C@@H](CCCCN)C(=O)O. The first-order valence-electron chi connectivity index (χ1n) is 11.3. The summed E-state index contributed by atoms with van der Waals surface area (Å²) in [7, 11) is 0. The first kappa shape index (κ1) is 27.3. The Morgan fingerprint density at radius 3 is 1.97 bits per heavy atom. The molecule has 0 heterocycles. The molecule has 10 heteroatoms. The number of hydrogen-bond acceptors (Lipinski definition) is 7. The van der Waals surface area contributed by atoms with E-state index in [1.165, 1.54) is 6.92 Å². The second kappa shape index (κ2) is 14.4. The van der Waals surface area contributed by atoms with Crippen LogP contribution in [0.25, 0.3) is 0 Å². The van der Waals surface area contributed by atoms with Crippen molar-refractivity contribution in [3.8, 4) is 0 Å². The summed E-state index contributed by atoms with van der Waals surface area (Å²) >= 11 is 0. The van der Waals surface area contributed by atoms with Crippen molar-refractivity contribution in [3.63, 3.8) is 0 Å². The summed E-state index contributed by atoms with van der Waals surface area (Å²) in [5.74, 6) is -2.30. The Kier molecular flexibility index (Phi) is 11.2. The molecule has 0 saturated carbocycles. The molecule has 10 nitrogen and oxygen atoms in total. The van der Waals surface area contributed by atoms with Crippen LogP contribution in [0.3, 0.4) is 0 Å². The lowest BCUT2D eigenvalue weighted by Crippen LogP contribution is -2.55. The number of nitrogens with two attached hydrogens (primary N) is 1. The number of benzene rings is 2. The number of imide groups is 1. The number of amides is 3. The lowest BCUT2D eigenvalue weighted by molar-refractivity contribution is -0.149. The van der Waals surface area contributed by atoms with Crippen LogP contribution in [0.15, 0.2) is 60.7 Å². The first-order chi connectivity index (χ1) is 16.8. The maximum atomic E-state index is 13.2. The van der Waals surface area contributed by atoms with Gasteiger partial charge < -0.3 is 25.6 Å². The number of hydrogen-bond donors (Lipinski definition) is 3. The highest BCUT2D eigenvalue weighted by atomic mass is 16.6. The van der Waals surface area contributed by atoms with Crippen molar-refractivity contribution < 1.29 is 33.8 Å². The molecule has 0 aliphatic carbocycles. The van der Waals surface area contributed by atoms with Crippen LogP contribution in [-0.4, -0.2) is 52.7 Å². The van der Waals surface area contributed by atoms with Crippen molar-refractivity contribution in [1.82, 2.24) is 10.2 Å². The molecule has 3 amide bonds. The second-order valence-corrected chi connectivity index (χ2v) is 7.81. The van der Waals surface area contributed by atoms with E-state index in [0.29, 0.717) is 29.8 Å². The number of carbonyl (C=O) groups is 4. The number of unbranched alkanes of at least 4 members (excludes halogenated alkanes) is 1. The fourth-order valence-electron chi connectivity index (χ4n) is 3.22. The molecule has 0 aromatic heterocycles. The number of carboxylic acids is 1. The molecule has 4 N–H and O–H groups in total. The van der Waals surface area contributed by atoms with Gasteiger partial charge in [-0.15, -0.1) is 0 Å². The Bertz CT molecular complexity index is 970. The van der Waals surface area contributed by atoms with Gasteiger partial charge in [0.05, 0.1) is 0 Å². The zero-order chi connectivity index (χ0) is 25.6. The molecule has 2 atom stereocenters. The van der Waals surface area contributed by atoms with Gasteiger partial charge in [0.15, 0.2) is 0 Å². The Morgan fingerprint density at radius 2 is 1.46 bits per heavy atom. The van der Waals surface area contributed by atoms with Gasteiger partial charge in [0, 0.05) is 0 Å². The van der Waals surface area contributed by atoms with Gasteiger partial charge in [-0.3, -0.25) is 4.79 Å². The Labute approximate surface area is 204 Å². The molecule has 0 aliphatic rings. The molecular weight excluding hydrogens is 454 g/mol. The summed E-state index contributed by atoms with van der Waals surface area (Å²) in [4.78, 5) is 50.8. The number of alkyl carbamates (subject to hydrolysis) is 1. The van der Waals surface area contributed by atoms with Gasteiger partial charge in [-0.25, -0.2) is 19.3 Å². The molecule has 188 valence electrons. The number of ether oxygens (including phenoxy) is 2. The average Bonchev–Trinajstić information content (AvgIpc) is 2.86. The van der Waals surface area contributed by atoms with Gasteiger partial charge in [0.2, 0.25) is 0 Å². The van der Waals surface area contributed by atoms with Crippen molar-refractivity contribution >= 4 is 24.1 Å². The molecule has 0 radical (unpaired) electrons. The molecule has 0 saturated heterocycles. The van der Waals surface area contributed by atoms with Crippen LogP contribution in [0.1, 0.15) is 37.3 Å². The quantitative estimate of drug-likeness (QED) is 0.389. The number of nitrogens with one attached hydrogen (secondary N) is 1. The molecule has 0 aliphatic heterocycles. The molecule has 2 rings (SSSR count). The van der Waals surface area contributed by atoms with Crippen LogP contribution in [0, 0.1) is 0 Å². The Morgan fingerprint density at radius 1 is 0.914 bits per heavy atom. The number of aliphatic carboxylic acids is 1. The van der Waals surface area contributed by atoms with E-state index in [1.54, 1.807) is 54.6 Å². The molecule has 35 heavy (non-hydrogen) atoms. The highest BCUT2D eigenvalue weighted by Crippen LogP contribution is 2.15. The third kappa shape index (κ3) is 9.09. The van der Waals surface area contributed by atoms with Crippen LogP contribution in [-0.2, 0) is 32.3 Å². The van der Waals surface area contributed by atoms with E-state index < -0.39 is 36.1 Å². The third-order valence-electron chi connectivity index (χ3n) is 5.09. The summed E-state index contributed by atoms with van der Waals surface area (Å²) in [5, 5.41) is 12.1. The fraction of sp³-hybridized carbons (Fsp3) is 0.360. The minimum atomic E-state index is -1.48. The van der Waals surface area contributed by atoms with Crippen LogP contribution < -0.4 is 11.1 Å². The first-order valence-corrected chi connectivity index (χ1v) is 11.3. The van der Waals surface area contributed by atoms with E-state index in [2.05, 4.69) is 5.32 Å². The van der Waals surface area contributed by atoms with Crippen molar-refractivity contribution in [2.45, 2.75) is 51.5 Å². The van der Waals surface area contributed by atoms with Crippen LogP contribution >= 0.6 is 0 Å². The second-order valence-electron chi connectivity index (χ2n) is 7.81. The summed E-state index contributed by atoms with van der Waals surface area (Å²) in [6.45, 7) is 1.50. The number of carbonyl (C=O) groups excluding carboxylic acids is 3. The number of carboxylic acid groups (broad SMARTS) is 1. The van der Waals surface area contributed by atoms with E-state index in [-0.39, 0.29) is 19.6 Å². The van der Waals surface area contributed by atoms with Crippen molar-refractivity contribution in [2.24, 2.45) is 5.73 Å². The van der Waals surface area contributed by atoms with E-state index in [4.69, 9.17) is 15.2 Å². The van der Waals surface area contributed by atoms with Gasteiger partial charge >= 0.3 is 18.2 Å². The highest BCUT2D eigenvalue weighted by molar-refractivity contribution is 5.99. The summed E-state index contributed by atoms with van der Waals surface area (Å²) < 4.78 is 10.4. The topological polar surface area (TPSA) is 148 Å². The maximum Gasteiger partial charge on any atom is 0.417 e. The van der Waals surface area contributed by atoms with Crippen LogP contribution in [0.5, 0.6) is 0 Å². The van der Waals surface area contributed by atoms with Gasteiger partial charge in [-0.05, 0) is 43.9 Å². The molecule has 0 spiro atoms. The molecular formula is C25H31N3O7. The minimum absolute atomic E-state index is 0.0100. The molecule has 0 bridgehead atoms.